The van der Waals surface area contributed by atoms with Gasteiger partial charge >= 0.3 is 18.1 Å². The highest BCUT2D eigenvalue weighted by Gasteiger charge is 2.48. The van der Waals surface area contributed by atoms with Crippen LogP contribution >= 0.6 is 0 Å². The number of hydrogen-bond donors (Lipinski definition) is 7. The Labute approximate surface area is 287 Å². The number of aromatic hydroxyl groups is 5. The Balaban J connectivity index is 1.70. The number of esters is 1. The summed E-state index contributed by atoms with van der Waals surface area (Å²) in [4.78, 5) is 37.3. The largest absolute Gasteiger partial charge is 0.507 e. The van der Waals surface area contributed by atoms with Crippen LogP contribution in [-0.4, -0.2) is 73.8 Å². The highest BCUT2D eigenvalue weighted by atomic mass is 19.4. The third kappa shape index (κ3) is 6.66. The van der Waals surface area contributed by atoms with E-state index in [1.807, 2.05) is 6.92 Å². The van der Waals surface area contributed by atoms with E-state index >= 15 is 0 Å². The second-order valence-corrected chi connectivity index (χ2v) is 12.2. The van der Waals surface area contributed by atoms with Crippen molar-refractivity contribution in [2.45, 2.75) is 63.8 Å². The van der Waals surface area contributed by atoms with Crippen molar-refractivity contribution in [3.63, 3.8) is 0 Å². The molecule has 1 unspecified atom stereocenters. The number of aryl methyl sites for hydroxylation is 1. The number of benzene rings is 4. The molecule has 4 aromatic rings. The molecule has 16 heteroatoms. The number of aliphatic hydroxyl groups is 1. The van der Waals surface area contributed by atoms with E-state index in [9.17, 15) is 58.2 Å². The first kappa shape index (κ1) is 36.6. The van der Waals surface area contributed by atoms with Crippen LogP contribution in [0.3, 0.4) is 0 Å². The molecule has 0 radical (unpaired) electrons. The minimum absolute atomic E-state index is 0.00630. The summed E-state index contributed by atoms with van der Waals surface area (Å²) in [6.07, 6.45) is -7.21. The Bertz CT molecular complexity index is 2080. The normalized spacial score (nSPS) is 17.2. The van der Waals surface area contributed by atoms with Gasteiger partial charge in [-0.2, -0.15) is 13.2 Å². The smallest absolute Gasteiger partial charge is 0.471 e. The maximum absolute atomic E-state index is 13.5. The second kappa shape index (κ2) is 13.6. The van der Waals surface area contributed by atoms with Crippen LogP contribution in [0.5, 0.6) is 40.2 Å². The van der Waals surface area contributed by atoms with Gasteiger partial charge in [0.2, 0.25) is 5.78 Å². The first-order valence-electron chi connectivity index (χ1n) is 15.6. The fourth-order valence-electron chi connectivity index (χ4n) is 6.21. The number of unbranched alkanes of at least 4 members (excludes halogenated alkanes) is 1. The van der Waals surface area contributed by atoms with Crippen molar-refractivity contribution in [1.29, 1.82) is 0 Å². The molecule has 0 bridgehead atoms. The zero-order valence-corrected chi connectivity index (χ0v) is 27.5. The van der Waals surface area contributed by atoms with E-state index in [1.54, 1.807) is 5.32 Å². The monoisotopic (exact) mass is 717 g/mol. The first-order chi connectivity index (χ1) is 23.9. The maximum Gasteiger partial charge on any atom is 0.471 e. The molecule has 51 heavy (non-hydrogen) atoms. The molecular formula is C35H34F3NO12. The van der Waals surface area contributed by atoms with E-state index in [-0.39, 0.29) is 45.4 Å². The lowest BCUT2D eigenvalue weighted by molar-refractivity contribution is -0.167. The van der Waals surface area contributed by atoms with Crippen LogP contribution in [0.15, 0.2) is 30.3 Å². The predicted molar refractivity (Wildman–Crippen MR) is 174 cm³/mol. The summed E-state index contributed by atoms with van der Waals surface area (Å²) >= 11 is 0. The molecule has 1 aliphatic rings. The summed E-state index contributed by atoms with van der Waals surface area (Å²) in [5.74, 6) is -7.86. The van der Waals surface area contributed by atoms with E-state index in [2.05, 4.69) is 0 Å². The maximum atomic E-state index is 13.5. The molecule has 0 heterocycles. The number of methoxy groups -OCH3 is 1. The minimum atomic E-state index is -5.32. The molecule has 13 nitrogen and oxygen atoms in total. The molecular weight excluding hydrogens is 683 g/mol. The lowest BCUT2D eigenvalue weighted by Gasteiger charge is -2.38. The summed E-state index contributed by atoms with van der Waals surface area (Å²) in [7, 11) is 1.30. The molecule has 1 amide bonds. The van der Waals surface area contributed by atoms with Crippen molar-refractivity contribution in [2.75, 3.05) is 19.0 Å². The number of halogens is 3. The average molecular weight is 718 g/mol. The highest BCUT2D eigenvalue weighted by Crippen LogP contribution is 2.57. The number of alkyl halides is 3. The highest BCUT2D eigenvalue weighted by molar-refractivity contribution is 6.17. The van der Waals surface area contributed by atoms with E-state index in [1.165, 1.54) is 32.2 Å². The number of rotatable bonds is 10. The molecule has 0 saturated carbocycles. The number of Topliss-reactive ketones (excluding diaryl/α,β-unsaturated/α-hetero) is 1. The number of phenols is 5. The Hall–Kier alpha value is -5.64. The lowest BCUT2D eigenvalue weighted by Crippen LogP contribution is -2.48. The minimum Gasteiger partial charge on any atom is -0.507 e. The average Bonchev–Trinajstić information content (AvgIpc) is 3.07. The molecule has 0 spiro atoms. The third-order valence-electron chi connectivity index (χ3n) is 8.79. The molecule has 0 fully saturated rings. The van der Waals surface area contributed by atoms with Gasteiger partial charge in [0, 0.05) is 41.8 Å². The van der Waals surface area contributed by atoms with Crippen LogP contribution in [0.4, 0.5) is 18.9 Å². The summed E-state index contributed by atoms with van der Waals surface area (Å²) < 4.78 is 55.5. The fourth-order valence-corrected chi connectivity index (χ4v) is 6.21. The Morgan fingerprint density at radius 3 is 2.29 bits per heavy atom. The fraction of sp³-hybridized carbons (Fsp3) is 0.343. The lowest BCUT2D eigenvalue weighted by atomic mass is 9.74. The molecule has 2 atom stereocenters. The number of amides is 1. The van der Waals surface area contributed by atoms with Crippen molar-refractivity contribution < 1.29 is 72.4 Å². The van der Waals surface area contributed by atoms with Gasteiger partial charge in [0.15, 0.2) is 6.61 Å². The Morgan fingerprint density at radius 2 is 1.65 bits per heavy atom. The van der Waals surface area contributed by atoms with Gasteiger partial charge in [-0.15, -0.1) is 0 Å². The predicted octanol–water partition coefficient (Wildman–Crippen LogP) is 5.44. The van der Waals surface area contributed by atoms with Crippen LogP contribution < -0.4 is 14.8 Å². The van der Waals surface area contributed by atoms with Crippen molar-refractivity contribution in [3.05, 3.63) is 47.0 Å². The molecule has 0 aromatic heterocycles. The molecule has 4 aromatic carbocycles. The van der Waals surface area contributed by atoms with Crippen molar-refractivity contribution >= 4 is 44.9 Å². The number of ether oxygens (including phenoxy) is 3. The van der Waals surface area contributed by atoms with Crippen LogP contribution in [0, 0.1) is 6.92 Å². The number of carbonyl (C=O) groups excluding carboxylic acids is 3. The molecule has 1 aliphatic carbocycles. The summed E-state index contributed by atoms with van der Waals surface area (Å²) in [5, 5.41) is 69.0. The second-order valence-electron chi connectivity index (χ2n) is 12.2. The van der Waals surface area contributed by atoms with Gasteiger partial charge in [-0.25, -0.2) is 0 Å². The molecule has 5 rings (SSSR count). The van der Waals surface area contributed by atoms with E-state index < -0.39 is 100 Å². The summed E-state index contributed by atoms with van der Waals surface area (Å²) in [5.41, 5.74) is -3.84. The van der Waals surface area contributed by atoms with Crippen LogP contribution in [0.25, 0.3) is 21.5 Å². The zero-order chi connectivity index (χ0) is 37.6. The Morgan fingerprint density at radius 1 is 0.961 bits per heavy atom. The topological polar surface area (TPSA) is 212 Å². The van der Waals surface area contributed by atoms with Gasteiger partial charge in [-0.05, 0) is 31.0 Å². The van der Waals surface area contributed by atoms with E-state index in [0.29, 0.717) is 12.8 Å². The van der Waals surface area contributed by atoms with Gasteiger partial charge in [0.25, 0.3) is 0 Å². The van der Waals surface area contributed by atoms with Gasteiger partial charge in [-0.1, -0.05) is 25.5 Å². The van der Waals surface area contributed by atoms with E-state index in [0.717, 1.165) is 12.1 Å². The van der Waals surface area contributed by atoms with Crippen LogP contribution in [0.2, 0.25) is 0 Å². The zero-order valence-electron chi connectivity index (χ0n) is 27.5. The molecule has 7 N–H and O–H groups in total. The third-order valence-corrected chi connectivity index (χ3v) is 8.79. The number of nitrogens with one attached hydrogen (secondary N) is 1. The number of fused-ring (bicyclic) bond motifs is 3. The number of anilines is 1. The number of carbonyl (C=O) groups is 3. The number of phenolic OH excluding ortho intramolecular Hbond substituents is 5. The SMILES string of the molecule is CCCCC(=O)OCC(=O)[C@]1(O)Cc2c(c(O)c3c(O)c4c(OC)cccc4c(O)c3c2O)C(Oc2cc(C)c(O)c(NC(=O)C(F)(F)F)c2)C1. The van der Waals surface area contributed by atoms with Gasteiger partial charge in [-0.3, -0.25) is 14.4 Å². The number of ketones is 1. The summed E-state index contributed by atoms with van der Waals surface area (Å²) in [6, 6.07) is 6.36. The standard InChI is InChI=1S/C35H34F3NO12/c1-4-5-9-23(41)50-14-22(40)34(48)12-18-25(21(13-34)51-16-10-15(2)28(42)19(11-16)39-33(47)35(36,37)38)32(46)27-26(30(18)44)29(43)17-7-6-8-20(49-3)24(17)31(27)45/h6-8,10-11,21,42-46,48H,4-5,9,12-14H2,1-3H3,(H,39,47)/t21?,34-/m0/s1. The molecule has 272 valence electrons. The first-order valence-corrected chi connectivity index (χ1v) is 15.6. The van der Waals surface area contributed by atoms with Gasteiger partial charge in [0.05, 0.1) is 29.0 Å². The van der Waals surface area contributed by atoms with Crippen molar-refractivity contribution in [3.8, 4) is 40.2 Å². The van der Waals surface area contributed by atoms with Crippen LogP contribution in [-0.2, 0) is 25.5 Å². The molecule has 0 aliphatic heterocycles. The molecule has 0 saturated heterocycles. The van der Waals surface area contributed by atoms with Crippen molar-refractivity contribution in [2.24, 2.45) is 0 Å². The number of hydrogen-bond acceptors (Lipinski definition) is 12. The van der Waals surface area contributed by atoms with Crippen LogP contribution in [0.1, 0.15) is 55.4 Å². The van der Waals surface area contributed by atoms with Crippen molar-refractivity contribution in [1.82, 2.24) is 0 Å². The summed E-state index contributed by atoms with van der Waals surface area (Å²) in [6.45, 7) is 2.24. The van der Waals surface area contributed by atoms with Gasteiger partial charge in [0.1, 0.15) is 52.0 Å². The Kier molecular flexibility index (Phi) is 9.76. The van der Waals surface area contributed by atoms with Gasteiger partial charge < -0.3 is 50.2 Å². The quantitative estimate of drug-likeness (QED) is 0.0473. The van der Waals surface area contributed by atoms with E-state index in [4.69, 9.17) is 14.2 Å².